The maximum atomic E-state index is 11.8. The van der Waals surface area contributed by atoms with E-state index in [9.17, 15) is 4.79 Å². The van der Waals surface area contributed by atoms with Crippen LogP contribution in [0, 0.1) is 0 Å². The third kappa shape index (κ3) is 4.43. The standard InChI is InChI=1S/C15H29N3O2/c1-4-15(2,3)17-14(19)9-16-8-13-10-18-7-5-6-12(18)11-20-13/h12-13,16H,4-11H2,1-3H3,(H,17,19). The van der Waals surface area contributed by atoms with Gasteiger partial charge in [0, 0.05) is 24.7 Å². The van der Waals surface area contributed by atoms with Crippen molar-refractivity contribution in [3.05, 3.63) is 0 Å². The Morgan fingerprint density at radius 1 is 1.45 bits per heavy atom. The topological polar surface area (TPSA) is 53.6 Å². The Labute approximate surface area is 122 Å². The number of fused-ring (bicyclic) bond motifs is 1. The summed E-state index contributed by atoms with van der Waals surface area (Å²) in [6.45, 7) is 10.3. The monoisotopic (exact) mass is 283 g/mol. The Morgan fingerprint density at radius 2 is 2.25 bits per heavy atom. The van der Waals surface area contributed by atoms with Crippen LogP contribution in [0.15, 0.2) is 0 Å². The van der Waals surface area contributed by atoms with Crippen molar-refractivity contribution in [1.82, 2.24) is 15.5 Å². The Kier molecular flexibility index (Phi) is 5.41. The number of morpholine rings is 1. The van der Waals surface area contributed by atoms with Crippen molar-refractivity contribution in [2.24, 2.45) is 0 Å². The Balaban J connectivity index is 1.62. The highest BCUT2D eigenvalue weighted by atomic mass is 16.5. The summed E-state index contributed by atoms with van der Waals surface area (Å²) in [5, 5.41) is 6.25. The molecule has 20 heavy (non-hydrogen) atoms. The highest BCUT2D eigenvalue weighted by molar-refractivity contribution is 5.78. The van der Waals surface area contributed by atoms with Crippen molar-refractivity contribution in [2.45, 2.75) is 57.7 Å². The van der Waals surface area contributed by atoms with Crippen molar-refractivity contribution in [3.8, 4) is 0 Å². The minimum atomic E-state index is -0.122. The minimum absolute atomic E-state index is 0.0618. The van der Waals surface area contributed by atoms with E-state index in [-0.39, 0.29) is 17.6 Å². The van der Waals surface area contributed by atoms with Gasteiger partial charge in [-0.05, 0) is 39.7 Å². The van der Waals surface area contributed by atoms with Crippen LogP contribution in [-0.4, -0.2) is 61.3 Å². The summed E-state index contributed by atoms with van der Waals surface area (Å²) in [7, 11) is 0. The number of hydrogen-bond donors (Lipinski definition) is 2. The molecule has 5 nitrogen and oxygen atoms in total. The molecule has 0 aromatic rings. The van der Waals surface area contributed by atoms with Gasteiger partial charge in [0.05, 0.1) is 19.3 Å². The summed E-state index contributed by atoms with van der Waals surface area (Å²) in [4.78, 5) is 14.3. The van der Waals surface area contributed by atoms with Crippen LogP contribution in [0.1, 0.15) is 40.0 Å². The van der Waals surface area contributed by atoms with E-state index < -0.39 is 0 Å². The fourth-order valence-corrected chi connectivity index (χ4v) is 2.87. The molecule has 2 aliphatic heterocycles. The molecule has 2 unspecified atom stereocenters. The first kappa shape index (κ1) is 15.7. The Hall–Kier alpha value is -0.650. The van der Waals surface area contributed by atoms with Gasteiger partial charge in [0.15, 0.2) is 0 Å². The summed E-state index contributed by atoms with van der Waals surface area (Å²) in [6.07, 6.45) is 3.72. The quantitative estimate of drug-likeness (QED) is 0.755. The van der Waals surface area contributed by atoms with E-state index in [1.54, 1.807) is 0 Å². The third-order valence-electron chi connectivity index (χ3n) is 4.48. The first-order valence-electron chi connectivity index (χ1n) is 7.87. The van der Waals surface area contributed by atoms with E-state index >= 15 is 0 Å². The molecule has 2 saturated heterocycles. The molecule has 1 amide bonds. The fourth-order valence-electron chi connectivity index (χ4n) is 2.87. The smallest absolute Gasteiger partial charge is 0.234 e. The second-order valence-corrected chi connectivity index (χ2v) is 6.66. The van der Waals surface area contributed by atoms with E-state index in [4.69, 9.17) is 4.74 Å². The van der Waals surface area contributed by atoms with Gasteiger partial charge in [0.1, 0.15) is 0 Å². The molecule has 116 valence electrons. The van der Waals surface area contributed by atoms with Gasteiger partial charge in [-0.25, -0.2) is 0 Å². The summed E-state index contributed by atoms with van der Waals surface area (Å²) < 4.78 is 5.86. The van der Waals surface area contributed by atoms with Gasteiger partial charge in [0.2, 0.25) is 5.91 Å². The number of nitrogens with zero attached hydrogens (tertiary/aromatic N) is 1. The zero-order valence-corrected chi connectivity index (χ0v) is 13.1. The van der Waals surface area contributed by atoms with E-state index in [0.29, 0.717) is 12.6 Å². The van der Waals surface area contributed by atoms with Crippen molar-refractivity contribution in [3.63, 3.8) is 0 Å². The van der Waals surface area contributed by atoms with Crippen LogP contribution in [0.4, 0.5) is 0 Å². The molecular formula is C15H29N3O2. The van der Waals surface area contributed by atoms with Crippen LogP contribution in [0.2, 0.25) is 0 Å². The second kappa shape index (κ2) is 6.87. The molecule has 2 rings (SSSR count). The first-order chi connectivity index (χ1) is 9.50. The maximum Gasteiger partial charge on any atom is 0.234 e. The van der Waals surface area contributed by atoms with E-state index in [1.165, 1.54) is 19.4 Å². The van der Waals surface area contributed by atoms with Gasteiger partial charge in [0.25, 0.3) is 0 Å². The maximum absolute atomic E-state index is 11.8. The Bertz CT molecular complexity index is 333. The van der Waals surface area contributed by atoms with Crippen molar-refractivity contribution in [1.29, 1.82) is 0 Å². The van der Waals surface area contributed by atoms with Crippen molar-refractivity contribution < 1.29 is 9.53 Å². The molecule has 0 aromatic heterocycles. The minimum Gasteiger partial charge on any atom is -0.374 e. The molecule has 0 spiro atoms. The molecule has 2 aliphatic rings. The number of ether oxygens (including phenoxy) is 1. The van der Waals surface area contributed by atoms with Gasteiger partial charge in [-0.1, -0.05) is 6.92 Å². The van der Waals surface area contributed by atoms with Gasteiger partial charge in [-0.3, -0.25) is 9.69 Å². The number of hydrogen-bond acceptors (Lipinski definition) is 4. The molecule has 0 radical (unpaired) electrons. The number of amides is 1. The normalized spacial score (nSPS) is 27.4. The lowest BCUT2D eigenvalue weighted by Crippen LogP contribution is -2.51. The average molecular weight is 283 g/mol. The SMILES string of the molecule is CCC(C)(C)NC(=O)CNCC1CN2CCCC2CO1. The molecule has 2 N–H and O–H groups in total. The number of carbonyl (C=O) groups excluding carboxylic acids is 1. The van der Waals surface area contributed by atoms with Crippen LogP contribution in [0.25, 0.3) is 0 Å². The lowest BCUT2D eigenvalue weighted by Gasteiger charge is -2.35. The molecule has 0 bridgehead atoms. The molecule has 2 heterocycles. The molecular weight excluding hydrogens is 254 g/mol. The summed E-state index contributed by atoms with van der Waals surface area (Å²) in [5.41, 5.74) is -0.122. The van der Waals surface area contributed by atoms with Gasteiger partial charge >= 0.3 is 0 Å². The molecule has 2 atom stereocenters. The lowest BCUT2D eigenvalue weighted by atomic mass is 10.0. The van der Waals surface area contributed by atoms with Crippen LogP contribution in [0.3, 0.4) is 0 Å². The van der Waals surface area contributed by atoms with Crippen LogP contribution >= 0.6 is 0 Å². The number of rotatable bonds is 6. The van der Waals surface area contributed by atoms with Gasteiger partial charge in [-0.15, -0.1) is 0 Å². The zero-order valence-electron chi connectivity index (χ0n) is 13.1. The predicted molar refractivity (Wildman–Crippen MR) is 79.7 cm³/mol. The Morgan fingerprint density at radius 3 is 3.00 bits per heavy atom. The predicted octanol–water partition coefficient (Wildman–Crippen LogP) is 0.744. The second-order valence-electron chi connectivity index (χ2n) is 6.66. The molecule has 5 heteroatoms. The van der Waals surface area contributed by atoms with Crippen molar-refractivity contribution in [2.75, 3.05) is 32.8 Å². The van der Waals surface area contributed by atoms with E-state index in [2.05, 4.69) is 22.5 Å². The third-order valence-corrected chi connectivity index (χ3v) is 4.48. The summed E-state index contributed by atoms with van der Waals surface area (Å²) >= 11 is 0. The highest BCUT2D eigenvalue weighted by Gasteiger charge is 2.31. The van der Waals surface area contributed by atoms with Crippen LogP contribution < -0.4 is 10.6 Å². The molecule has 2 fully saturated rings. The summed E-state index contributed by atoms with van der Waals surface area (Å²) in [5.74, 6) is 0.0618. The zero-order chi connectivity index (χ0) is 14.6. The molecule has 0 saturated carbocycles. The van der Waals surface area contributed by atoms with Crippen molar-refractivity contribution >= 4 is 5.91 Å². The molecule has 0 aliphatic carbocycles. The van der Waals surface area contributed by atoms with Gasteiger partial charge in [-0.2, -0.15) is 0 Å². The molecule has 0 aromatic carbocycles. The largest absolute Gasteiger partial charge is 0.374 e. The van der Waals surface area contributed by atoms with Crippen LogP contribution in [-0.2, 0) is 9.53 Å². The number of carbonyl (C=O) groups is 1. The van der Waals surface area contributed by atoms with Crippen LogP contribution in [0.5, 0.6) is 0 Å². The fraction of sp³-hybridized carbons (Fsp3) is 0.933. The van der Waals surface area contributed by atoms with E-state index in [1.807, 2.05) is 13.8 Å². The first-order valence-corrected chi connectivity index (χ1v) is 7.87. The van der Waals surface area contributed by atoms with E-state index in [0.717, 1.165) is 26.1 Å². The average Bonchev–Trinajstić information content (AvgIpc) is 2.85. The summed E-state index contributed by atoms with van der Waals surface area (Å²) in [6, 6.07) is 0.639. The lowest BCUT2D eigenvalue weighted by molar-refractivity contribution is -0.122. The highest BCUT2D eigenvalue weighted by Crippen LogP contribution is 2.22. The van der Waals surface area contributed by atoms with Gasteiger partial charge < -0.3 is 15.4 Å². The number of nitrogens with one attached hydrogen (secondary N) is 2.